The van der Waals surface area contributed by atoms with E-state index in [2.05, 4.69) is 20.7 Å². The molecule has 0 unspecified atom stereocenters. The summed E-state index contributed by atoms with van der Waals surface area (Å²) in [4.78, 5) is 11.3. The Hall–Kier alpha value is -1.24. The summed E-state index contributed by atoms with van der Waals surface area (Å²) in [5.41, 5.74) is 4.52. The average molecular weight is 326 g/mol. The van der Waals surface area contributed by atoms with Gasteiger partial charge in [-0.05, 0) is 24.6 Å². The van der Waals surface area contributed by atoms with Crippen LogP contribution in [0.2, 0.25) is 0 Å². The highest BCUT2D eigenvalue weighted by atomic mass is 79.9. The predicted molar refractivity (Wildman–Crippen MR) is 63.9 cm³/mol. The number of anilines is 1. The third-order valence-electron chi connectivity index (χ3n) is 2.12. The highest BCUT2D eigenvalue weighted by molar-refractivity contribution is 9.10. The largest absolute Gasteiger partial charge is 0.466 e. The van der Waals surface area contributed by atoms with Crippen molar-refractivity contribution in [3.8, 4) is 0 Å². The Morgan fingerprint density at radius 1 is 1.44 bits per heavy atom. The molecule has 0 heterocycles. The van der Waals surface area contributed by atoms with E-state index >= 15 is 0 Å². The number of carbonyl (C=O) groups is 1. The SMILES string of the molecule is CCOC(=O)Cc1cc(N)cc(Br)c1C(F)(F)F. The molecule has 1 aromatic carbocycles. The van der Waals surface area contributed by atoms with Crippen LogP contribution in [0.5, 0.6) is 0 Å². The van der Waals surface area contributed by atoms with E-state index in [1.807, 2.05) is 0 Å². The molecular formula is C11H11BrF3NO2. The molecule has 100 valence electrons. The second kappa shape index (κ2) is 5.60. The molecule has 0 aromatic heterocycles. The van der Waals surface area contributed by atoms with E-state index in [-0.39, 0.29) is 22.3 Å². The van der Waals surface area contributed by atoms with Gasteiger partial charge in [0.05, 0.1) is 18.6 Å². The van der Waals surface area contributed by atoms with Crippen LogP contribution in [0.25, 0.3) is 0 Å². The van der Waals surface area contributed by atoms with Gasteiger partial charge >= 0.3 is 12.1 Å². The smallest absolute Gasteiger partial charge is 0.417 e. The zero-order valence-electron chi connectivity index (χ0n) is 9.47. The Bertz CT molecular complexity index is 460. The molecule has 3 nitrogen and oxygen atoms in total. The van der Waals surface area contributed by atoms with Crippen molar-refractivity contribution in [2.45, 2.75) is 19.5 Å². The maximum atomic E-state index is 12.9. The molecule has 1 aromatic rings. The van der Waals surface area contributed by atoms with E-state index in [0.717, 1.165) is 12.1 Å². The van der Waals surface area contributed by atoms with Crippen molar-refractivity contribution >= 4 is 27.6 Å². The summed E-state index contributed by atoms with van der Waals surface area (Å²) in [7, 11) is 0. The van der Waals surface area contributed by atoms with E-state index in [1.165, 1.54) is 0 Å². The van der Waals surface area contributed by atoms with Gasteiger partial charge in [-0.2, -0.15) is 13.2 Å². The number of hydrogen-bond donors (Lipinski definition) is 1. The molecule has 1 rings (SSSR count). The maximum absolute atomic E-state index is 12.9. The Balaban J connectivity index is 3.20. The van der Waals surface area contributed by atoms with Gasteiger partial charge in [0.15, 0.2) is 0 Å². The first-order chi connectivity index (χ1) is 8.25. The minimum Gasteiger partial charge on any atom is -0.466 e. The van der Waals surface area contributed by atoms with Crippen molar-refractivity contribution in [1.29, 1.82) is 0 Å². The van der Waals surface area contributed by atoms with Crippen LogP contribution in [0.15, 0.2) is 16.6 Å². The fraction of sp³-hybridized carbons (Fsp3) is 0.364. The van der Waals surface area contributed by atoms with E-state index in [4.69, 9.17) is 5.73 Å². The topological polar surface area (TPSA) is 52.3 Å². The average Bonchev–Trinajstić information content (AvgIpc) is 2.13. The van der Waals surface area contributed by atoms with Gasteiger partial charge in [0.25, 0.3) is 0 Å². The number of alkyl halides is 3. The minimum atomic E-state index is -4.56. The summed E-state index contributed by atoms with van der Waals surface area (Å²) in [6, 6.07) is 2.28. The lowest BCUT2D eigenvalue weighted by molar-refractivity contribution is -0.143. The number of carbonyl (C=O) groups excluding carboxylic acids is 1. The predicted octanol–water partition coefficient (Wildman–Crippen LogP) is 3.16. The molecule has 0 aliphatic heterocycles. The van der Waals surface area contributed by atoms with Crippen molar-refractivity contribution in [1.82, 2.24) is 0 Å². The number of benzene rings is 1. The number of nitrogens with two attached hydrogens (primary N) is 1. The van der Waals surface area contributed by atoms with Crippen molar-refractivity contribution in [3.05, 3.63) is 27.7 Å². The van der Waals surface area contributed by atoms with Crippen molar-refractivity contribution in [2.75, 3.05) is 12.3 Å². The van der Waals surface area contributed by atoms with Gasteiger partial charge in [-0.3, -0.25) is 4.79 Å². The number of halogens is 4. The molecule has 0 saturated carbocycles. The number of hydrogen-bond acceptors (Lipinski definition) is 3. The first kappa shape index (κ1) is 14.8. The van der Waals surface area contributed by atoms with Crippen LogP contribution in [0.4, 0.5) is 18.9 Å². The summed E-state index contributed by atoms with van der Waals surface area (Å²) in [5, 5.41) is 0. The molecule has 7 heteroatoms. The molecule has 0 atom stereocenters. The number of nitrogen functional groups attached to an aromatic ring is 1. The first-order valence-electron chi connectivity index (χ1n) is 5.06. The van der Waals surface area contributed by atoms with Crippen molar-refractivity contribution in [3.63, 3.8) is 0 Å². The Morgan fingerprint density at radius 2 is 2.06 bits per heavy atom. The fourth-order valence-corrected chi connectivity index (χ4v) is 2.26. The normalized spacial score (nSPS) is 11.4. The van der Waals surface area contributed by atoms with Crippen LogP contribution < -0.4 is 5.73 Å². The molecule has 2 N–H and O–H groups in total. The molecule has 0 spiro atoms. The molecule has 0 aliphatic carbocycles. The molecular weight excluding hydrogens is 315 g/mol. The lowest BCUT2D eigenvalue weighted by atomic mass is 10.0. The van der Waals surface area contributed by atoms with E-state index in [1.54, 1.807) is 6.92 Å². The molecule has 0 bridgehead atoms. The van der Waals surface area contributed by atoms with Gasteiger partial charge in [-0.25, -0.2) is 0 Å². The summed E-state index contributed by atoms with van der Waals surface area (Å²) in [5.74, 6) is -0.722. The molecule has 0 fully saturated rings. The van der Waals surface area contributed by atoms with E-state index < -0.39 is 24.1 Å². The van der Waals surface area contributed by atoms with E-state index in [0.29, 0.717) is 0 Å². The molecule has 0 aliphatic rings. The van der Waals surface area contributed by atoms with Gasteiger partial charge in [-0.1, -0.05) is 15.9 Å². The van der Waals surface area contributed by atoms with Gasteiger partial charge in [-0.15, -0.1) is 0 Å². The highest BCUT2D eigenvalue weighted by Gasteiger charge is 2.36. The number of rotatable bonds is 3. The van der Waals surface area contributed by atoms with Gasteiger partial charge < -0.3 is 10.5 Å². The quantitative estimate of drug-likeness (QED) is 0.686. The Kier molecular flexibility index (Phi) is 4.61. The number of ether oxygens (including phenoxy) is 1. The molecule has 0 radical (unpaired) electrons. The van der Waals surface area contributed by atoms with E-state index in [9.17, 15) is 18.0 Å². The van der Waals surface area contributed by atoms with Crippen LogP contribution >= 0.6 is 15.9 Å². The highest BCUT2D eigenvalue weighted by Crippen LogP contribution is 2.38. The van der Waals surface area contributed by atoms with Crippen molar-refractivity contribution in [2.24, 2.45) is 0 Å². The van der Waals surface area contributed by atoms with Gasteiger partial charge in [0.2, 0.25) is 0 Å². The van der Waals surface area contributed by atoms with Crippen LogP contribution in [0.3, 0.4) is 0 Å². The van der Waals surface area contributed by atoms with Crippen molar-refractivity contribution < 1.29 is 22.7 Å². The third kappa shape index (κ3) is 3.63. The minimum absolute atomic E-state index is 0.115. The fourth-order valence-electron chi connectivity index (χ4n) is 1.51. The second-order valence-electron chi connectivity index (χ2n) is 3.52. The molecule has 0 amide bonds. The molecule has 0 saturated heterocycles. The zero-order chi connectivity index (χ0) is 13.9. The van der Waals surface area contributed by atoms with Crippen LogP contribution in [-0.2, 0) is 22.1 Å². The van der Waals surface area contributed by atoms with Crippen LogP contribution in [-0.4, -0.2) is 12.6 Å². The van der Waals surface area contributed by atoms with Gasteiger partial charge in [0, 0.05) is 10.2 Å². The second-order valence-corrected chi connectivity index (χ2v) is 4.37. The van der Waals surface area contributed by atoms with Crippen LogP contribution in [0, 0.1) is 0 Å². The monoisotopic (exact) mass is 325 g/mol. The van der Waals surface area contributed by atoms with Crippen LogP contribution in [0.1, 0.15) is 18.1 Å². The lowest BCUT2D eigenvalue weighted by Crippen LogP contribution is -2.15. The summed E-state index contributed by atoms with van der Waals surface area (Å²) in [6.07, 6.45) is -5.03. The first-order valence-corrected chi connectivity index (χ1v) is 5.85. The van der Waals surface area contributed by atoms with Gasteiger partial charge in [0.1, 0.15) is 0 Å². The Morgan fingerprint density at radius 3 is 2.56 bits per heavy atom. The molecule has 18 heavy (non-hydrogen) atoms. The standard InChI is InChI=1S/C11H11BrF3NO2/c1-2-18-9(17)4-6-3-7(16)5-8(12)10(6)11(13,14)15/h3,5H,2,4,16H2,1H3. The Labute approximate surface area is 110 Å². The summed E-state index contributed by atoms with van der Waals surface area (Å²) >= 11 is 2.81. The summed E-state index contributed by atoms with van der Waals surface area (Å²) < 4.78 is 43.0. The third-order valence-corrected chi connectivity index (χ3v) is 2.74. The summed E-state index contributed by atoms with van der Waals surface area (Å²) in [6.45, 7) is 1.70. The zero-order valence-corrected chi connectivity index (χ0v) is 11.1. The lowest BCUT2D eigenvalue weighted by Gasteiger charge is -2.15. The number of esters is 1. The maximum Gasteiger partial charge on any atom is 0.417 e.